The van der Waals surface area contributed by atoms with Crippen LogP contribution in [0.1, 0.15) is 20.3 Å². The number of hydrogen-bond donors (Lipinski definition) is 2. The Balaban J connectivity index is 4.08. The Bertz CT molecular complexity index is 256. The fourth-order valence-corrected chi connectivity index (χ4v) is 1.32. The van der Waals surface area contributed by atoms with Gasteiger partial charge in [-0.1, -0.05) is 0 Å². The van der Waals surface area contributed by atoms with Crippen LogP contribution in [0.2, 0.25) is 0 Å². The van der Waals surface area contributed by atoms with Crippen molar-refractivity contribution < 1.29 is 14.7 Å². The summed E-state index contributed by atoms with van der Waals surface area (Å²) in [5.74, 6) is -1.03. The highest BCUT2D eigenvalue weighted by molar-refractivity contribution is 5.82. The highest BCUT2D eigenvalue weighted by Crippen LogP contribution is 1.95. The third kappa shape index (κ3) is 6.78. The third-order valence-corrected chi connectivity index (χ3v) is 2.41. The fraction of sp³-hybridized carbons (Fsp3) is 0.818. The molecule has 6 heteroatoms. The predicted octanol–water partition coefficient (Wildman–Crippen LogP) is 0.443. The van der Waals surface area contributed by atoms with Crippen molar-refractivity contribution in [1.82, 2.24) is 15.1 Å². The largest absolute Gasteiger partial charge is 0.480 e. The Morgan fingerprint density at radius 3 is 2.29 bits per heavy atom. The summed E-state index contributed by atoms with van der Waals surface area (Å²) in [5.41, 5.74) is 0. The Kier molecular flexibility index (Phi) is 7.29. The van der Waals surface area contributed by atoms with E-state index in [0.717, 1.165) is 13.0 Å². The second-order valence-electron chi connectivity index (χ2n) is 4.25. The molecule has 0 bridgehead atoms. The van der Waals surface area contributed by atoms with Crippen molar-refractivity contribution in [2.45, 2.75) is 26.3 Å². The van der Waals surface area contributed by atoms with Crippen LogP contribution in [0.3, 0.4) is 0 Å². The zero-order valence-corrected chi connectivity index (χ0v) is 11.1. The minimum Gasteiger partial charge on any atom is -0.480 e. The zero-order valence-electron chi connectivity index (χ0n) is 11.1. The van der Waals surface area contributed by atoms with Crippen molar-refractivity contribution >= 4 is 12.0 Å². The molecule has 2 N–H and O–H groups in total. The molecular weight excluding hydrogens is 222 g/mol. The van der Waals surface area contributed by atoms with E-state index in [1.807, 2.05) is 25.9 Å². The molecule has 0 aliphatic rings. The molecule has 0 saturated heterocycles. The van der Waals surface area contributed by atoms with Crippen LogP contribution < -0.4 is 5.32 Å². The van der Waals surface area contributed by atoms with E-state index in [0.29, 0.717) is 13.1 Å². The zero-order chi connectivity index (χ0) is 13.4. The monoisotopic (exact) mass is 245 g/mol. The Hall–Kier alpha value is -1.30. The van der Waals surface area contributed by atoms with E-state index < -0.39 is 12.0 Å². The summed E-state index contributed by atoms with van der Waals surface area (Å²) in [4.78, 5) is 26.0. The van der Waals surface area contributed by atoms with E-state index in [-0.39, 0.29) is 6.03 Å². The molecule has 17 heavy (non-hydrogen) atoms. The van der Waals surface area contributed by atoms with Crippen LogP contribution in [0.4, 0.5) is 4.79 Å². The number of hydrogen-bond acceptors (Lipinski definition) is 3. The Morgan fingerprint density at radius 1 is 1.29 bits per heavy atom. The minimum absolute atomic E-state index is 0.318. The van der Waals surface area contributed by atoms with Gasteiger partial charge in [0.15, 0.2) is 0 Å². The molecule has 0 heterocycles. The second kappa shape index (κ2) is 7.89. The van der Waals surface area contributed by atoms with Crippen LogP contribution in [0, 0.1) is 0 Å². The number of carbonyl (C=O) groups excluding carboxylic acids is 1. The van der Waals surface area contributed by atoms with Gasteiger partial charge in [-0.25, -0.2) is 4.79 Å². The fourth-order valence-electron chi connectivity index (χ4n) is 1.32. The van der Waals surface area contributed by atoms with E-state index in [2.05, 4.69) is 5.32 Å². The molecule has 100 valence electrons. The van der Waals surface area contributed by atoms with E-state index >= 15 is 0 Å². The summed E-state index contributed by atoms with van der Waals surface area (Å²) in [5, 5.41) is 11.1. The van der Waals surface area contributed by atoms with E-state index in [1.54, 1.807) is 4.90 Å². The topological polar surface area (TPSA) is 72.9 Å². The number of aliphatic carboxylic acids is 1. The number of carboxylic acids is 1. The smallest absolute Gasteiger partial charge is 0.325 e. The molecule has 0 aromatic rings. The van der Waals surface area contributed by atoms with Crippen LogP contribution in [0.25, 0.3) is 0 Å². The minimum atomic E-state index is -1.03. The lowest BCUT2D eigenvalue weighted by atomic mass is 10.3. The molecule has 0 unspecified atom stereocenters. The average Bonchev–Trinajstić information content (AvgIpc) is 2.23. The molecule has 0 aromatic carbocycles. The maximum absolute atomic E-state index is 11.7. The average molecular weight is 245 g/mol. The van der Waals surface area contributed by atoms with E-state index in [9.17, 15) is 9.59 Å². The summed E-state index contributed by atoms with van der Waals surface area (Å²) < 4.78 is 0. The molecule has 6 nitrogen and oxygen atoms in total. The van der Waals surface area contributed by atoms with Gasteiger partial charge in [0.25, 0.3) is 0 Å². The van der Waals surface area contributed by atoms with Gasteiger partial charge in [0.05, 0.1) is 0 Å². The van der Waals surface area contributed by atoms with Gasteiger partial charge in [-0.15, -0.1) is 0 Å². The number of nitrogens with zero attached hydrogens (tertiary/aromatic N) is 2. The maximum atomic E-state index is 11.7. The van der Waals surface area contributed by atoms with Gasteiger partial charge in [-0.05, 0) is 40.9 Å². The first kappa shape index (κ1) is 15.7. The lowest BCUT2D eigenvalue weighted by Crippen LogP contribution is -2.47. The Morgan fingerprint density at radius 2 is 1.88 bits per heavy atom. The van der Waals surface area contributed by atoms with Gasteiger partial charge in [0.2, 0.25) is 0 Å². The summed E-state index contributed by atoms with van der Waals surface area (Å²) in [6, 6.07) is -1.17. The predicted molar refractivity (Wildman–Crippen MR) is 66.0 cm³/mol. The molecular formula is C11H23N3O3. The standard InChI is InChI=1S/C11H23N3O3/c1-5-14(8-6-7-13(3)4)11(17)12-9(2)10(15)16/h9H,5-8H2,1-4H3,(H,12,17)(H,15,16)/t9-/m1/s1. The van der Waals surface area contributed by atoms with Crippen molar-refractivity contribution in [1.29, 1.82) is 0 Å². The second-order valence-corrected chi connectivity index (χ2v) is 4.25. The number of carbonyl (C=O) groups is 2. The van der Waals surface area contributed by atoms with Gasteiger partial charge >= 0.3 is 12.0 Å². The van der Waals surface area contributed by atoms with Gasteiger partial charge in [-0.2, -0.15) is 0 Å². The van der Waals surface area contributed by atoms with E-state index in [1.165, 1.54) is 6.92 Å². The molecule has 2 amide bonds. The molecule has 0 rings (SSSR count). The summed E-state index contributed by atoms with van der Waals surface area (Å²) in [6.45, 7) is 5.44. The molecule has 0 aliphatic carbocycles. The van der Waals surface area contributed by atoms with Crippen molar-refractivity contribution in [2.24, 2.45) is 0 Å². The number of urea groups is 1. The first-order valence-corrected chi connectivity index (χ1v) is 5.81. The van der Waals surface area contributed by atoms with Crippen LogP contribution in [-0.2, 0) is 4.79 Å². The lowest BCUT2D eigenvalue weighted by molar-refractivity contribution is -0.138. The van der Waals surface area contributed by atoms with Crippen LogP contribution in [0.5, 0.6) is 0 Å². The summed E-state index contributed by atoms with van der Waals surface area (Å²) in [6.07, 6.45) is 0.871. The summed E-state index contributed by atoms with van der Waals surface area (Å²) >= 11 is 0. The van der Waals surface area contributed by atoms with Crippen LogP contribution in [-0.4, -0.2) is 66.7 Å². The molecule has 0 saturated carbocycles. The van der Waals surface area contributed by atoms with Crippen LogP contribution >= 0.6 is 0 Å². The number of carboxylic acid groups (broad SMARTS) is 1. The van der Waals surface area contributed by atoms with Gasteiger partial charge in [-0.3, -0.25) is 4.79 Å². The van der Waals surface area contributed by atoms with Gasteiger partial charge in [0, 0.05) is 13.1 Å². The highest BCUT2D eigenvalue weighted by atomic mass is 16.4. The van der Waals surface area contributed by atoms with Crippen molar-refractivity contribution in [3.05, 3.63) is 0 Å². The van der Waals surface area contributed by atoms with Crippen molar-refractivity contribution in [3.8, 4) is 0 Å². The first-order chi connectivity index (χ1) is 7.88. The van der Waals surface area contributed by atoms with Crippen LogP contribution in [0.15, 0.2) is 0 Å². The van der Waals surface area contributed by atoms with E-state index in [4.69, 9.17) is 5.11 Å². The molecule has 0 aromatic heterocycles. The van der Waals surface area contributed by atoms with Gasteiger partial charge < -0.3 is 20.2 Å². The molecule has 0 spiro atoms. The molecule has 0 fully saturated rings. The molecule has 1 atom stereocenters. The van der Waals surface area contributed by atoms with Crippen molar-refractivity contribution in [2.75, 3.05) is 33.7 Å². The number of amides is 2. The molecule has 0 radical (unpaired) electrons. The lowest BCUT2D eigenvalue weighted by Gasteiger charge is -2.23. The van der Waals surface area contributed by atoms with Gasteiger partial charge in [0.1, 0.15) is 6.04 Å². The Labute approximate surface area is 103 Å². The molecule has 0 aliphatic heterocycles. The third-order valence-electron chi connectivity index (χ3n) is 2.41. The summed E-state index contributed by atoms with van der Waals surface area (Å²) in [7, 11) is 3.95. The van der Waals surface area contributed by atoms with Crippen molar-refractivity contribution in [3.63, 3.8) is 0 Å². The number of rotatable bonds is 7. The normalized spacial score (nSPS) is 12.3. The number of nitrogens with one attached hydrogen (secondary N) is 1. The first-order valence-electron chi connectivity index (χ1n) is 5.81. The SMILES string of the molecule is CCN(CCCN(C)C)C(=O)N[C@H](C)C(=O)O. The maximum Gasteiger partial charge on any atom is 0.325 e. The highest BCUT2D eigenvalue weighted by Gasteiger charge is 2.17. The quantitative estimate of drug-likeness (QED) is 0.683.